The smallest absolute Gasteiger partial charge is 0.365 e. The summed E-state index contributed by atoms with van der Waals surface area (Å²) in [5.74, 6) is 0.0190. The Bertz CT molecular complexity index is 759. The van der Waals surface area contributed by atoms with Gasteiger partial charge < -0.3 is 41.8 Å². The van der Waals surface area contributed by atoms with E-state index in [4.69, 9.17) is 41.8 Å². The van der Waals surface area contributed by atoms with Crippen LogP contribution >= 0.6 is 15.2 Å². The lowest BCUT2D eigenvalue weighted by Crippen LogP contribution is -2.27. The van der Waals surface area contributed by atoms with E-state index in [1.165, 1.54) is 26.4 Å². The molecule has 0 N–H and O–H groups in total. The molecule has 11 nitrogen and oxygen atoms in total. The quantitative estimate of drug-likeness (QED) is 0.136. The molecule has 0 bridgehead atoms. The van der Waals surface area contributed by atoms with Gasteiger partial charge in [0.1, 0.15) is 23.0 Å². The first-order chi connectivity index (χ1) is 16.8. The largest absolute Gasteiger partial charge is 0.489 e. The summed E-state index contributed by atoms with van der Waals surface area (Å²) in [5.41, 5.74) is 0.406. The van der Waals surface area contributed by atoms with Crippen LogP contribution in [0.2, 0.25) is 0 Å². The monoisotopic (exact) mass is 542 g/mol. The maximum absolute atomic E-state index is 13.9. The van der Waals surface area contributed by atoms with Crippen LogP contribution in [0, 0.1) is 0 Å². The fourth-order valence-electron chi connectivity index (χ4n) is 3.16. The third kappa shape index (κ3) is 9.20. The van der Waals surface area contributed by atoms with E-state index in [2.05, 4.69) is 0 Å². The van der Waals surface area contributed by atoms with Gasteiger partial charge in [-0.2, -0.15) is 0 Å². The predicted octanol–water partition coefficient (Wildman–Crippen LogP) is 3.80. The van der Waals surface area contributed by atoms with Gasteiger partial charge in [0.05, 0.1) is 46.2 Å². The molecule has 35 heavy (non-hydrogen) atoms. The van der Waals surface area contributed by atoms with Crippen molar-refractivity contribution in [1.82, 2.24) is 0 Å². The third-order valence-electron chi connectivity index (χ3n) is 4.46. The minimum atomic E-state index is -3.93. The summed E-state index contributed by atoms with van der Waals surface area (Å²) in [5, 5.41) is 0.119. The van der Waals surface area contributed by atoms with Crippen LogP contribution in [0.5, 0.6) is 5.75 Å². The minimum Gasteiger partial charge on any atom is -0.489 e. The van der Waals surface area contributed by atoms with Crippen LogP contribution in [0.3, 0.4) is 0 Å². The Morgan fingerprint density at radius 1 is 0.686 bits per heavy atom. The Labute approximate surface area is 208 Å². The Morgan fingerprint density at radius 2 is 1.11 bits per heavy atom. The lowest BCUT2D eigenvalue weighted by Gasteiger charge is -2.27. The highest BCUT2D eigenvalue weighted by Gasteiger charge is 2.40. The summed E-state index contributed by atoms with van der Waals surface area (Å²) in [6.45, 7) is 8.22. The van der Waals surface area contributed by atoms with Crippen molar-refractivity contribution in [3.8, 4) is 5.75 Å². The van der Waals surface area contributed by atoms with E-state index >= 15 is 0 Å². The van der Waals surface area contributed by atoms with E-state index in [-0.39, 0.29) is 56.0 Å². The van der Waals surface area contributed by atoms with E-state index in [1.54, 1.807) is 34.8 Å². The van der Waals surface area contributed by atoms with Crippen molar-refractivity contribution < 1.29 is 50.9 Å². The Kier molecular flexibility index (Phi) is 15.5. The third-order valence-corrected chi connectivity index (χ3v) is 8.70. The Hall–Kier alpha value is -0.840. The second-order valence-corrected chi connectivity index (χ2v) is 10.8. The van der Waals surface area contributed by atoms with Crippen LogP contribution in [0.25, 0.3) is 0 Å². The maximum atomic E-state index is 13.9. The van der Waals surface area contributed by atoms with E-state index in [0.29, 0.717) is 18.8 Å². The summed E-state index contributed by atoms with van der Waals surface area (Å²) in [6.07, 6.45) is -0.868. The van der Waals surface area contributed by atoms with Crippen molar-refractivity contribution in [2.75, 3.05) is 74.2 Å². The highest BCUT2D eigenvalue weighted by atomic mass is 31.2. The topological polar surface area (TPSA) is 117 Å². The summed E-state index contributed by atoms with van der Waals surface area (Å²) < 4.78 is 77.5. The number of methoxy groups -OCH3 is 3. The second-order valence-electron chi connectivity index (χ2n) is 6.81. The average Bonchev–Trinajstić information content (AvgIpc) is 2.82. The molecule has 0 aliphatic carbocycles. The molecule has 0 heterocycles. The van der Waals surface area contributed by atoms with Gasteiger partial charge in [0, 0.05) is 26.9 Å². The van der Waals surface area contributed by atoms with Gasteiger partial charge in [0.2, 0.25) is 0 Å². The first-order valence-electron chi connectivity index (χ1n) is 11.5. The van der Waals surface area contributed by atoms with Crippen molar-refractivity contribution in [3.63, 3.8) is 0 Å². The van der Waals surface area contributed by atoms with Crippen molar-refractivity contribution >= 4 is 25.8 Å². The molecule has 0 fully saturated rings. The van der Waals surface area contributed by atoms with Crippen LogP contribution in [0.1, 0.15) is 39.5 Å². The standard InChI is InChI=1S/C22H40O11P2/c1-8-30-34(23,31-9-2)19-16-18(22(26-6)27-7)17-20(35(24,32-10-3)33-11-4)21(19)29-15-14-28-13-12-25-5/h16-17,22H,8-15H2,1-7H3. The van der Waals surface area contributed by atoms with Crippen molar-refractivity contribution in [3.05, 3.63) is 17.7 Å². The van der Waals surface area contributed by atoms with Gasteiger partial charge in [-0.05, 0) is 39.8 Å². The molecule has 1 aromatic carbocycles. The second kappa shape index (κ2) is 16.8. The van der Waals surface area contributed by atoms with Crippen molar-refractivity contribution in [1.29, 1.82) is 0 Å². The molecular weight excluding hydrogens is 502 g/mol. The van der Waals surface area contributed by atoms with Gasteiger partial charge in [-0.3, -0.25) is 9.13 Å². The van der Waals surface area contributed by atoms with Crippen LogP contribution in [0.15, 0.2) is 12.1 Å². The van der Waals surface area contributed by atoms with Crippen LogP contribution < -0.4 is 15.3 Å². The highest BCUT2D eigenvalue weighted by molar-refractivity contribution is 7.64. The molecule has 204 valence electrons. The first-order valence-corrected chi connectivity index (χ1v) is 14.6. The zero-order valence-electron chi connectivity index (χ0n) is 21.8. The molecule has 0 spiro atoms. The molecule has 0 aromatic heterocycles. The molecule has 0 atom stereocenters. The Balaban J connectivity index is 3.80. The molecule has 0 aliphatic rings. The van der Waals surface area contributed by atoms with Crippen LogP contribution in [0.4, 0.5) is 0 Å². The first kappa shape index (κ1) is 32.2. The number of ether oxygens (including phenoxy) is 5. The maximum Gasteiger partial charge on any atom is 0.365 e. The molecule has 0 saturated carbocycles. The van der Waals surface area contributed by atoms with E-state index in [9.17, 15) is 9.13 Å². The van der Waals surface area contributed by atoms with Crippen LogP contribution in [-0.4, -0.2) is 74.2 Å². The van der Waals surface area contributed by atoms with Gasteiger partial charge in [-0.1, -0.05) is 0 Å². The molecule has 0 amide bonds. The molecular formula is C22H40O11P2. The minimum absolute atomic E-state index is 0.0190. The molecule has 0 saturated heterocycles. The van der Waals surface area contributed by atoms with Gasteiger partial charge in [-0.15, -0.1) is 0 Å². The van der Waals surface area contributed by atoms with Gasteiger partial charge >= 0.3 is 15.2 Å². The van der Waals surface area contributed by atoms with Gasteiger partial charge in [0.15, 0.2) is 6.29 Å². The SMILES string of the molecule is CCOP(=O)(OCC)c1cc(C(OC)OC)cc(P(=O)(OCC)OCC)c1OCCOCCOC. The zero-order valence-corrected chi connectivity index (χ0v) is 23.6. The highest BCUT2D eigenvalue weighted by Crippen LogP contribution is 2.54. The number of hydrogen-bond acceptors (Lipinski definition) is 11. The van der Waals surface area contributed by atoms with E-state index in [0.717, 1.165) is 0 Å². The molecule has 1 rings (SSSR count). The Morgan fingerprint density at radius 3 is 1.49 bits per heavy atom. The fourth-order valence-corrected chi connectivity index (χ4v) is 6.79. The summed E-state index contributed by atoms with van der Waals surface area (Å²) in [4.78, 5) is 0. The van der Waals surface area contributed by atoms with E-state index in [1.807, 2.05) is 0 Å². The fraction of sp³-hybridized carbons (Fsp3) is 0.727. The van der Waals surface area contributed by atoms with Gasteiger partial charge in [0.25, 0.3) is 0 Å². The predicted molar refractivity (Wildman–Crippen MR) is 132 cm³/mol. The molecule has 0 unspecified atom stereocenters. The molecule has 0 aliphatic heterocycles. The molecule has 0 radical (unpaired) electrons. The summed E-state index contributed by atoms with van der Waals surface area (Å²) in [7, 11) is -3.38. The van der Waals surface area contributed by atoms with Crippen molar-refractivity contribution in [2.45, 2.75) is 34.0 Å². The van der Waals surface area contributed by atoms with Crippen molar-refractivity contribution in [2.24, 2.45) is 0 Å². The number of rotatable bonds is 20. The molecule has 1 aromatic rings. The van der Waals surface area contributed by atoms with E-state index < -0.39 is 21.5 Å². The summed E-state index contributed by atoms with van der Waals surface area (Å²) >= 11 is 0. The zero-order chi connectivity index (χ0) is 26.3. The number of benzene rings is 1. The number of hydrogen-bond donors (Lipinski definition) is 0. The van der Waals surface area contributed by atoms with Crippen LogP contribution in [-0.2, 0) is 46.2 Å². The lowest BCUT2D eigenvalue weighted by atomic mass is 10.2. The summed E-state index contributed by atoms with van der Waals surface area (Å²) in [6, 6.07) is 3.08. The lowest BCUT2D eigenvalue weighted by molar-refractivity contribution is -0.105. The molecule has 13 heteroatoms. The van der Waals surface area contributed by atoms with Gasteiger partial charge in [-0.25, -0.2) is 0 Å². The normalized spacial score (nSPS) is 12.5. The average molecular weight is 542 g/mol.